The highest BCUT2D eigenvalue weighted by Gasteiger charge is 2.08. The first-order valence-corrected chi connectivity index (χ1v) is 7.32. The molecular formula is C19H19N. The molecule has 1 heteroatoms. The van der Waals surface area contributed by atoms with Gasteiger partial charge in [-0.05, 0) is 30.5 Å². The molecular weight excluding hydrogens is 242 g/mol. The van der Waals surface area contributed by atoms with E-state index in [0.717, 1.165) is 11.9 Å². The molecule has 0 fully saturated rings. The molecule has 3 rings (SSSR count). The van der Waals surface area contributed by atoms with Crippen LogP contribution in [0.3, 0.4) is 0 Å². The van der Waals surface area contributed by atoms with Gasteiger partial charge in [-0.1, -0.05) is 61.9 Å². The maximum absolute atomic E-state index is 4.89. The Morgan fingerprint density at radius 2 is 1.65 bits per heavy atom. The summed E-state index contributed by atoms with van der Waals surface area (Å²) in [7, 11) is 0. The Labute approximate surface area is 120 Å². The topological polar surface area (TPSA) is 12.9 Å². The van der Waals surface area contributed by atoms with Crippen LogP contribution in [0.2, 0.25) is 0 Å². The maximum Gasteiger partial charge on any atom is 0.0705 e. The van der Waals surface area contributed by atoms with Gasteiger partial charge in [-0.15, -0.1) is 0 Å². The fraction of sp³-hybridized carbons (Fsp3) is 0.211. The van der Waals surface area contributed by atoms with Crippen LogP contribution in [0.15, 0.2) is 60.7 Å². The van der Waals surface area contributed by atoms with E-state index in [2.05, 4.69) is 67.6 Å². The molecule has 0 aliphatic carbocycles. The zero-order valence-corrected chi connectivity index (χ0v) is 11.8. The van der Waals surface area contributed by atoms with Crippen molar-refractivity contribution in [1.29, 1.82) is 0 Å². The first-order chi connectivity index (χ1) is 9.88. The standard InChI is InChI=1S/C19H19N/c1-2-3-12-19-17(15-9-5-4-6-10-15)14-16-11-7-8-13-18(16)20-19/h4-11,13-14H,2-3,12H2,1H3. The van der Waals surface area contributed by atoms with Crippen LogP contribution in [0.5, 0.6) is 0 Å². The fourth-order valence-corrected chi connectivity index (χ4v) is 2.56. The average Bonchev–Trinajstić information content (AvgIpc) is 2.53. The second kappa shape index (κ2) is 5.87. The number of hydrogen-bond donors (Lipinski definition) is 0. The minimum absolute atomic E-state index is 1.05. The second-order valence-corrected chi connectivity index (χ2v) is 5.14. The largest absolute Gasteiger partial charge is 0.252 e. The molecule has 0 saturated carbocycles. The highest BCUT2D eigenvalue weighted by Crippen LogP contribution is 2.27. The molecule has 2 aromatic carbocycles. The quantitative estimate of drug-likeness (QED) is 0.625. The van der Waals surface area contributed by atoms with Crippen molar-refractivity contribution in [2.24, 2.45) is 0 Å². The van der Waals surface area contributed by atoms with Gasteiger partial charge in [0.2, 0.25) is 0 Å². The lowest BCUT2D eigenvalue weighted by atomic mass is 9.99. The van der Waals surface area contributed by atoms with Crippen molar-refractivity contribution >= 4 is 10.9 Å². The van der Waals surface area contributed by atoms with Gasteiger partial charge in [0, 0.05) is 16.6 Å². The van der Waals surface area contributed by atoms with Crippen molar-refractivity contribution in [3.05, 3.63) is 66.4 Å². The molecule has 0 saturated heterocycles. The molecule has 0 atom stereocenters. The molecule has 0 aliphatic rings. The highest BCUT2D eigenvalue weighted by atomic mass is 14.7. The number of aryl methyl sites for hydroxylation is 1. The van der Waals surface area contributed by atoms with E-state index >= 15 is 0 Å². The number of benzene rings is 2. The van der Waals surface area contributed by atoms with Gasteiger partial charge >= 0.3 is 0 Å². The van der Waals surface area contributed by atoms with Gasteiger partial charge in [-0.2, -0.15) is 0 Å². The van der Waals surface area contributed by atoms with E-state index < -0.39 is 0 Å². The number of pyridine rings is 1. The number of rotatable bonds is 4. The van der Waals surface area contributed by atoms with Crippen LogP contribution in [0, 0.1) is 0 Å². The summed E-state index contributed by atoms with van der Waals surface area (Å²) in [4.78, 5) is 4.89. The maximum atomic E-state index is 4.89. The highest BCUT2D eigenvalue weighted by molar-refractivity contribution is 5.84. The number of para-hydroxylation sites is 1. The van der Waals surface area contributed by atoms with E-state index in [4.69, 9.17) is 4.98 Å². The van der Waals surface area contributed by atoms with Crippen molar-refractivity contribution in [1.82, 2.24) is 4.98 Å². The summed E-state index contributed by atoms with van der Waals surface area (Å²) in [5.41, 5.74) is 4.85. The third kappa shape index (κ3) is 2.57. The average molecular weight is 261 g/mol. The summed E-state index contributed by atoms with van der Waals surface area (Å²) < 4.78 is 0. The number of unbranched alkanes of at least 4 members (excludes halogenated alkanes) is 1. The number of aromatic nitrogens is 1. The molecule has 20 heavy (non-hydrogen) atoms. The van der Waals surface area contributed by atoms with E-state index in [-0.39, 0.29) is 0 Å². The van der Waals surface area contributed by atoms with Crippen molar-refractivity contribution in [2.45, 2.75) is 26.2 Å². The molecule has 0 radical (unpaired) electrons. The molecule has 3 aromatic rings. The Morgan fingerprint density at radius 3 is 2.45 bits per heavy atom. The normalized spacial score (nSPS) is 10.8. The SMILES string of the molecule is CCCCc1nc2ccccc2cc1-c1ccccc1. The van der Waals surface area contributed by atoms with Crippen LogP contribution in [-0.4, -0.2) is 4.98 Å². The van der Waals surface area contributed by atoms with E-state index in [1.807, 2.05) is 0 Å². The van der Waals surface area contributed by atoms with Gasteiger partial charge in [0.25, 0.3) is 0 Å². The van der Waals surface area contributed by atoms with Gasteiger partial charge < -0.3 is 0 Å². The monoisotopic (exact) mass is 261 g/mol. The number of hydrogen-bond acceptors (Lipinski definition) is 1. The van der Waals surface area contributed by atoms with Crippen LogP contribution >= 0.6 is 0 Å². The van der Waals surface area contributed by atoms with Crippen molar-refractivity contribution in [3.63, 3.8) is 0 Å². The molecule has 0 bridgehead atoms. The minimum atomic E-state index is 1.05. The molecule has 0 aliphatic heterocycles. The third-order valence-electron chi connectivity index (χ3n) is 3.65. The zero-order chi connectivity index (χ0) is 13.8. The van der Waals surface area contributed by atoms with Crippen LogP contribution in [0.4, 0.5) is 0 Å². The van der Waals surface area contributed by atoms with Crippen molar-refractivity contribution < 1.29 is 0 Å². The molecule has 1 nitrogen and oxygen atoms in total. The Morgan fingerprint density at radius 1 is 0.900 bits per heavy atom. The molecule has 0 amide bonds. The van der Waals surface area contributed by atoms with E-state index in [9.17, 15) is 0 Å². The lowest BCUT2D eigenvalue weighted by Gasteiger charge is -2.11. The third-order valence-corrected chi connectivity index (χ3v) is 3.65. The Bertz CT molecular complexity index is 701. The van der Waals surface area contributed by atoms with Crippen molar-refractivity contribution in [3.8, 4) is 11.1 Å². The first kappa shape index (κ1) is 12.9. The van der Waals surface area contributed by atoms with E-state index in [0.29, 0.717) is 0 Å². The van der Waals surface area contributed by atoms with Gasteiger partial charge in [0.05, 0.1) is 5.52 Å². The second-order valence-electron chi connectivity index (χ2n) is 5.14. The predicted molar refractivity (Wildman–Crippen MR) is 85.8 cm³/mol. The van der Waals surface area contributed by atoms with E-state index in [1.54, 1.807) is 0 Å². The van der Waals surface area contributed by atoms with Gasteiger partial charge in [-0.3, -0.25) is 4.98 Å². The summed E-state index contributed by atoms with van der Waals surface area (Å²) in [5.74, 6) is 0. The Kier molecular flexibility index (Phi) is 3.78. The van der Waals surface area contributed by atoms with Gasteiger partial charge in [-0.25, -0.2) is 0 Å². The van der Waals surface area contributed by atoms with Crippen LogP contribution in [0.1, 0.15) is 25.5 Å². The Balaban J connectivity index is 2.16. The summed E-state index contributed by atoms with van der Waals surface area (Å²) in [6, 6.07) is 21.2. The van der Waals surface area contributed by atoms with Gasteiger partial charge in [0.1, 0.15) is 0 Å². The molecule has 0 spiro atoms. The smallest absolute Gasteiger partial charge is 0.0705 e. The van der Waals surface area contributed by atoms with Crippen molar-refractivity contribution in [2.75, 3.05) is 0 Å². The fourth-order valence-electron chi connectivity index (χ4n) is 2.56. The lowest BCUT2D eigenvalue weighted by molar-refractivity contribution is 0.781. The molecule has 100 valence electrons. The molecule has 0 N–H and O–H groups in total. The summed E-state index contributed by atoms with van der Waals surface area (Å²) in [6.07, 6.45) is 3.43. The molecule has 1 aromatic heterocycles. The van der Waals surface area contributed by atoms with Crippen LogP contribution < -0.4 is 0 Å². The van der Waals surface area contributed by atoms with E-state index in [1.165, 1.54) is 35.0 Å². The Hall–Kier alpha value is -2.15. The summed E-state index contributed by atoms with van der Waals surface area (Å²) in [5, 5.41) is 1.21. The predicted octanol–water partition coefficient (Wildman–Crippen LogP) is 5.24. The summed E-state index contributed by atoms with van der Waals surface area (Å²) >= 11 is 0. The summed E-state index contributed by atoms with van der Waals surface area (Å²) in [6.45, 7) is 2.23. The zero-order valence-electron chi connectivity index (χ0n) is 11.8. The first-order valence-electron chi connectivity index (χ1n) is 7.32. The minimum Gasteiger partial charge on any atom is -0.252 e. The van der Waals surface area contributed by atoms with Crippen LogP contribution in [0.25, 0.3) is 22.0 Å². The lowest BCUT2D eigenvalue weighted by Crippen LogP contribution is -1.96. The van der Waals surface area contributed by atoms with Gasteiger partial charge in [0.15, 0.2) is 0 Å². The molecule has 1 heterocycles. The number of nitrogens with zero attached hydrogens (tertiary/aromatic N) is 1. The van der Waals surface area contributed by atoms with Crippen LogP contribution in [-0.2, 0) is 6.42 Å². The number of fused-ring (bicyclic) bond motifs is 1. The molecule has 0 unspecified atom stereocenters.